The Morgan fingerprint density at radius 3 is 1.88 bits per heavy atom. The Labute approximate surface area is 193 Å². The van der Waals surface area contributed by atoms with Gasteiger partial charge in [0, 0.05) is 5.69 Å². The molecule has 6 heteroatoms. The van der Waals surface area contributed by atoms with Crippen LogP contribution < -0.4 is 14.8 Å². The molecule has 3 aromatic rings. The zero-order valence-electron chi connectivity index (χ0n) is 18.7. The molecule has 2 amide bonds. The largest absolute Gasteiger partial charge is 0.494 e. The summed E-state index contributed by atoms with van der Waals surface area (Å²) in [5, 5.41) is 3.18. The van der Waals surface area contributed by atoms with Crippen molar-refractivity contribution in [1.29, 1.82) is 0 Å². The van der Waals surface area contributed by atoms with Gasteiger partial charge in [0.05, 0.1) is 25.3 Å². The summed E-state index contributed by atoms with van der Waals surface area (Å²) in [6.07, 6.45) is 0. The van der Waals surface area contributed by atoms with Gasteiger partial charge in [-0.2, -0.15) is 0 Å². The standard InChI is InChI=1S/C27H26N2O4/c1-3-32-22-14-10-20(11-15-22)24-25(28-21-12-16-23(17-13-21)33-4-2)27(31)29(26(24)30)18-19-8-6-5-7-9-19/h5-17,28H,3-4,18H2,1-2H3. The van der Waals surface area contributed by atoms with E-state index in [-0.39, 0.29) is 24.1 Å². The van der Waals surface area contributed by atoms with Crippen LogP contribution in [0.2, 0.25) is 0 Å². The molecule has 0 saturated heterocycles. The van der Waals surface area contributed by atoms with Gasteiger partial charge in [-0.05, 0) is 61.4 Å². The molecule has 168 valence electrons. The van der Waals surface area contributed by atoms with Gasteiger partial charge in [-0.3, -0.25) is 14.5 Å². The van der Waals surface area contributed by atoms with Crippen molar-refractivity contribution in [2.24, 2.45) is 0 Å². The molecule has 1 heterocycles. The van der Waals surface area contributed by atoms with Crippen LogP contribution in [-0.4, -0.2) is 29.9 Å². The van der Waals surface area contributed by atoms with E-state index in [9.17, 15) is 9.59 Å². The molecule has 0 aliphatic carbocycles. The first-order valence-electron chi connectivity index (χ1n) is 11.0. The average molecular weight is 443 g/mol. The van der Waals surface area contributed by atoms with E-state index in [0.717, 1.165) is 11.3 Å². The summed E-state index contributed by atoms with van der Waals surface area (Å²) in [4.78, 5) is 28.1. The van der Waals surface area contributed by atoms with E-state index in [1.54, 1.807) is 24.3 Å². The number of hydrogen-bond donors (Lipinski definition) is 1. The van der Waals surface area contributed by atoms with Crippen molar-refractivity contribution in [3.63, 3.8) is 0 Å². The third-order valence-corrected chi connectivity index (χ3v) is 5.24. The molecule has 6 nitrogen and oxygen atoms in total. The van der Waals surface area contributed by atoms with Crippen LogP contribution >= 0.6 is 0 Å². The number of benzene rings is 3. The van der Waals surface area contributed by atoms with Gasteiger partial charge in [-0.25, -0.2) is 0 Å². The monoisotopic (exact) mass is 442 g/mol. The Hall–Kier alpha value is -4.06. The Kier molecular flexibility index (Phi) is 6.74. The maximum atomic E-state index is 13.4. The maximum Gasteiger partial charge on any atom is 0.278 e. The lowest BCUT2D eigenvalue weighted by molar-refractivity contribution is -0.137. The number of rotatable bonds is 9. The van der Waals surface area contributed by atoms with E-state index < -0.39 is 0 Å². The number of nitrogens with zero attached hydrogens (tertiary/aromatic N) is 1. The average Bonchev–Trinajstić information content (AvgIpc) is 3.06. The van der Waals surface area contributed by atoms with Crippen LogP contribution in [0.5, 0.6) is 11.5 Å². The van der Waals surface area contributed by atoms with E-state index in [1.165, 1.54) is 4.90 Å². The normalized spacial score (nSPS) is 13.5. The molecule has 0 spiro atoms. The molecule has 1 aliphatic rings. The summed E-state index contributed by atoms with van der Waals surface area (Å²) in [6, 6.07) is 24.0. The fraction of sp³-hybridized carbons (Fsp3) is 0.185. The summed E-state index contributed by atoms with van der Waals surface area (Å²) in [5.41, 5.74) is 2.82. The second kappa shape index (κ2) is 10.0. The van der Waals surface area contributed by atoms with Crippen molar-refractivity contribution in [2.45, 2.75) is 20.4 Å². The summed E-state index contributed by atoms with van der Waals surface area (Å²) in [5.74, 6) is 0.757. The van der Waals surface area contributed by atoms with Gasteiger partial charge in [0.25, 0.3) is 11.8 Å². The minimum Gasteiger partial charge on any atom is -0.494 e. The highest BCUT2D eigenvalue weighted by molar-refractivity contribution is 6.36. The van der Waals surface area contributed by atoms with Crippen molar-refractivity contribution in [3.8, 4) is 11.5 Å². The Bertz CT molecular complexity index is 1150. The third-order valence-electron chi connectivity index (χ3n) is 5.24. The topological polar surface area (TPSA) is 67.9 Å². The molecular formula is C27H26N2O4. The molecule has 1 aliphatic heterocycles. The van der Waals surface area contributed by atoms with E-state index in [0.29, 0.717) is 35.8 Å². The van der Waals surface area contributed by atoms with Gasteiger partial charge in [-0.1, -0.05) is 42.5 Å². The van der Waals surface area contributed by atoms with Crippen LogP contribution in [-0.2, 0) is 16.1 Å². The molecule has 0 fully saturated rings. The van der Waals surface area contributed by atoms with E-state index in [4.69, 9.17) is 9.47 Å². The van der Waals surface area contributed by atoms with Gasteiger partial charge < -0.3 is 14.8 Å². The highest BCUT2D eigenvalue weighted by Crippen LogP contribution is 2.32. The lowest BCUT2D eigenvalue weighted by atomic mass is 10.0. The molecule has 0 unspecified atom stereocenters. The van der Waals surface area contributed by atoms with Gasteiger partial charge in [-0.15, -0.1) is 0 Å². The molecule has 3 aromatic carbocycles. The van der Waals surface area contributed by atoms with Crippen LogP contribution in [0.3, 0.4) is 0 Å². The van der Waals surface area contributed by atoms with Crippen molar-refractivity contribution in [3.05, 3.63) is 95.7 Å². The second-order valence-electron chi connectivity index (χ2n) is 7.47. The van der Waals surface area contributed by atoms with Crippen molar-refractivity contribution < 1.29 is 19.1 Å². The molecule has 33 heavy (non-hydrogen) atoms. The van der Waals surface area contributed by atoms with Gasteiger partial charge >= 0.3 is 0 Å². The van der Waals surface area contributed by atoms with Crippen LogP contribution in [0.15, 0.2) is 84.6 Å². The molecule has 0 saturated carbocycles. The number of carbonyl (C=O) groups is 2. The number of ether oxygens (including phenoxy) is 2. The number of hydrogen-bond acceptors (Lipinski definition) is 5. The van der Waals surface area contributed by atoms with E-state index in [2.05, 4.69) is 5.32 Å². The molecule has 0 radical (unpaired) electrons. The molecular weight excluding hydrogens is 416 g/mol. The fourth-order valence-corrected chi connectivity index (χ4v) is 3.70. The van der Waals surface area contributed by atoms with E-state index >= 15 is 0 Å². The summed E-state index contributed by atoms with van der Waals surface area (Å²) >= 11 is 0. The number of amides is 2. The first kappa shape index (κ1) is 22.1. The third kappa shape index (κ3) is 4.90. The first-order chi connectivity index (χ1) is 16.1. The molecule has 0 atom stereocenters. The van der Waals surface area contributed by atoms with Gasteiger partial charge in [0.1, 0.15) is 17.2 Å². The smallest absolute Gasteiger partial charge is 0.278 e. The number of imide groups is 1. The maximum absolute atomic E-state index is 13.4. The van der Waals surface area contributed by atoms with Crippen molar-refractivity contribution >= 4 is 23.1 Å². The van der Waals surface area contributed by atoms with Crippen LogP contribution in [0, 0.1) is 0 Å². The van der Waals surface area contributed by atoms with Crippen LogP contribution in [0.1, 0.15) is 25.0 Å². The molecule has 0 aromatic heterocycles. The fourth-order valence-electron chi connectivity index (χ4n) is 3.70. The minimum atomic E-state index is -0.360. The zero-order valence-corrected chi connectivity index (χ0v) is 18.7. The minimum absolute atomic E-state index is 0.202. The van der Waals surface area contributed by atoms with Gasteiger partial charge in [0.2, 0.25) is 0 Å². The summed E-state index contributed by atoms with van der Waals surface area (Å²) in [7, 11) is 0. The molecule has 1 N–H and O–H groups in total. The van der Waals surface area contributed by atoms with Crippen LogP contribution in [0.4, 0.5) is 5.69 Å². The number of nitrogens with one attached hydrogen (secondary N) is 1. The van der Waals surface area contributed by atoms with E-state index in [1.807, 2.05) is 68.4 Å². The Balaban J connectivity index is 1.68. The quantitative estimate of drug-likeness (QED) is 0.479. The predicted octanol–water partition coefficient (Wildman–Crippen LogP) is 4.88. The first-order valence-corrected chi connectivity index (χ1v) is 11.0. The zero-order chi connectivity index (χ0) is 23.2. The highest BCUT2D eigenvalue weighted by atomic mass is 16.5. The number of carbonyl (C=O) groups excluding carboxylic acids is 2. The van der Waals surface area contributed by atoms with Gasteiger partial charge in [0.15, 0.2) is 0 Å². The Morgan fingerprint density at radius 1 is 0.727 bits per heavy atom. The molecule has 0 bridgehead atoms. The van der Waals surface area contributed by atoms with Crippen molar-refractivity contribution in [2.75, 3.05) is 18.5 Å². The van der Waals surface area contributed by atoms with Crippen LogP contribution in [0.25, 0.3) is 5.57 Å². The Morgan fingerprint density at radius 2 is 1.30 bits per heavy atom. The lowest BCUT2D eigenvalue weighted by Gasteiger charge is -2.15. The SMILES string of the molecule is CCOc1ccc(NC2=C(c3ccc(OCC)cc3)C(=O)N(Cc3ccccc3)C2=O)cc1. The highest BCUT2D eigenvalue weighted by Gasteiger charge is 2.39. The summed E-state index contributed by atoms with van der Waals surface area (Å²) < 4.78 is 11.0. The number of anilines is 1. The molecule has 4 rings (SSSR count). The lowest BCUT2D eigenvalue weighted by Crippen LogP contribution is -2.31. The summed E-state index contributed by atoms with van der Waals surface area (Å²) in [6.45, 7) is 5.16. The predicted molar refractivity (Wildman–Crippen MR) is 128 cm³/mol. The second-order valence-corrected chi connectivity index (χ2v) is 7.47. The van der Waals surface area contributed by atoms with Crippen molar-refractivity contribution in [1.82, 2.24) is 4.90 Å².